The molecule has 0 bridgehead atoms. The van der Waals surface area contributed by atoms with Gasteiger partial charge in [-0.2, -0.15) is 0 Å². The Morgan fingerprint density at radius 1 is 0.262 bits per heavy atom. The smallest absolute Gasteiger partial charge is 0.165 e. The highest BCUT2D eigenvalue weighted by Gasteiger charge is 2.24. The van der Waals surface area contributed by atoms with Gasteiger partial charge in [-0.05, 0) is 77.8 Å². The lowest BCUT2D eigenvalue weighted by molar-refractivity contribution is 1.08. The van der Waals surface area contributed by atoms with Gasteiger partial charge in [0.05, 0.1) is 0 Å². The van der Waals surface area contributed by atoms with Gasteiger partial charge < -0.3 is 0 Å². The van der Waals surface area contributed by atoms with Gasteiger partial charge in [0.1, 0.15) is 0 Å². The van der Waals surface area contributed by atoms with E-state index in [1.54, 1.807) is 11.3 Å². The average molecular weight is 794 g/mol. The van der Waals surface area contributed by atoms with Crippen LogP contribution in [0.2, 0.25) is 0 Å². The van der Waals surface area contributed by atoms with Crippen LogP contribution in [0.1, 0.15) is 0 Å². The molecule has 0 fully saturated rings. The molecule has 0 aliphatic carbocycles. The van der Waals surface area contributed by atoms with Crippen LogP contribution < -0.4 is 0 Å². The SMILES string of the molecule is c1ccc(-c2nc(-c3ccccc3-c3c4ccccc4c(-c4c(-c5ccccc5)ccc5ccccc45)c4ccccc34)nc(-c3cccc4c3sc3ccccc34)n2)cc1. The summed E-state index contributed by atoms with van der Waals surface area (Å²) in [6.45, 7) is 0. The van der Waals surface area contributed by atoms with Crippen molar-refractivity contribution >= 4 is 63.8 Å². The molecule has 0 N–H and O–H groups in total. The van der Waals surface area contributed by atoms with Crippen molar-refractivity contribution in [2.75, 3.05) is 0 Å². The van der Waals surface area contributed by atoms with Crippen molar-refractivity contribution in [1.29, 1.82) is 0 Å². The lowest BCUT2D eigenvalue weighted by Gasteiger charge is -2.22. The Labute approximate surface area is 356 Å². The van der Waals surface area contributed by atoms with E-state index in [0.29, 0.717) is 17.5 Å². The summed E-state index contributed by atoms with van der Waals surface area (Å²) in [6.07, 6.45) is 0. The van der Waals surface area contributed by atoms with Crippen molar-refractivity contribution in [2.45, 2.75) is 0 Å². The Morgan fingerprint density at radius 2 is 0.754 bits per heavy atom. The molecule has 0 spiro atoms. The van der Waals surface area contributed by atoms with E-state index >= 15 is 0 Å². The molecule has 0 saturated carbocycles. The Kier molecular flexibility index (Phi) is 8.36. The van der Waals surface area contributed by atoms with Gasteiger partial charge in [0, 0.05) is 36.9 Å². The van der Waals surface area contributed by atoms with Crippen LogP contribution in [-0.4, -0.2) is 15.0 Å². The summed E-state index contributed by atoms with van der Waals surface area (Å²) in [5.74, 6) is 1.93. The van der Waals surface area contributed by atoms with Gasteiger partial charge >= 0.3 is 0 Å². The minimum absolute atomic E-state index is 0.634. The van der Waals surface area contributed by atoms with Crippen LogP contribution in [0.4, 0.5) is 0 Å². The second kappa shape index (κ2) is 14.5. The molecular weight excluding hydrogens is 759 g/mol. The van der Waals surface area contributed by atoms with E-state index < -0.39 is 0 Å². The second-order valence-corrected chi connectivity index (χ2v) is 16.5. The van der Waals surface area contributed by atoms with Crippen LogP contribution in [0, 0.1) is 0 Å². The zero-order valence-electron chi connectivity index (χ0n) is 33.0. The fourth-order valence-corrected chi connectivity index (χ4v) is 10.5. The minimum atomic E-state index is 0.634. The molecule has 2 heterocycles. The summed E-state index contributed by atoms with van der Waals surface area (Å²) in [7, 11) is 0. The van der Waals surface area contributed by atoms with Crippen LogP contribution in [-0.2, 0) is 0 Å². The highest BCUT2D eigenvalue weighted by atomic mass is 32.1. The van der Waals surface area contributed by atoms with Gasteiger partial charge in [0.25, 0.3) is 0 Å². The molecule has 3 nitrogen and oxygen atoms in total. The highest BCUT2D eigenvalue weighted by molar-refractivity contribution is 7.26. The first-order chi connectivity index (χ1) is 30.3. The lowest BCUT2D eigenvalue weighted by atomic mass is 9.81. The Balaban J connectivity index is 1.15. The average Bonchev–Trinajstić information content (AvgIpc) is 3.72. The third-order valence-electron chi connectivity index (χ3n) is 11.9. The van der Waals surface area contributed by atoms with Gasteiger partial charge in [-0.25, -0.2) is 15.0 Å². The molecule has 61 heavy (non-hydrogen) atoms. The summed E-state index contributed by atoms with van der Waals surface area (Å²) in [5, 5.41) is 9.62. The summed E-state index contributed by atoms with van der Waals surface area (Å²) < 4.78 is 2.42. The molecule has 12 aromatic rings. The topological polar surface area (TPSA) is 38.7 Å². The summed E-state index contributed by atoms with van der Waals surface area (Å²) in [6, 6.07) is 75.9. The number of hydrogen-bond donors (Lipinski definition) is 0. The lowest BCUT2D eigenvalue weighted by Crippen LogP contribution is -2.01. The van der Waals surface area contributed by atoms with E-state index in [-0.39, 0.29) is 0 Å². The second-order valence-electron chi connectivity index (χ2n) is 15.4. The number of rotatable bonds is 6. The molecule has 4 heteroatoms. The molecule has 0 aliphatic rings. The van der Waals surface area contributed by atoms with Gasteiger partial charge in [0.2, 0.25) is 0 Å². The van der Waals surface area contributed by atoms with E-state index in [1.807, 2.05) is 18.2 Å². The van der Waals surface area contributed by atoms with E-state index in [0.717, 1.165) is 27.8 Å². The Morgan fingerprint density at radius 3 is 1.46 bits per heavy atom. The van der Waals surface area contributed by atoms with Gasteiger partial charge in [0.15, 0.2) is 17.5 Å². The maximum atomic E-state index is 5.39. The first-order valence-corrected chi connectivity index (χ1v) is 21.4. The van der Waals surface area contributed by atoms with Gasteiger partial charge in [-0.1, -0.05) is 200 Å². The number of fused-ring (bicyclic) bond motifs is 6. The zero-order valence-corrected chi connectivity index (χ0v) is 33.8. The molecule has 0 radical (unpaired) electrons. The van der Waals surface area contributed by atoms with Crippen molar-refractivity contribution in [2.24, 2.45) is 0 Å². The zero-order chi connectivity index (χ0) is 40.3. The Bertz CT molecular complexity index is 3590. The van der Waals surface area contributed by atoms with E-state index in [1.165, 1.54) is 74.7 Å². The number of benzene rings is 10. The van der Waals surface area contributed by atoms with Gasteiger partial charge in [-0.3, -0.25) is 0 Å². The van der Waals surface area contributed by atoms with E-state index in [4.69, 9.17) is 15.0 Å². The quantitative estimate of drug-likeness (QED) is 0.157. The molecule has 284 valence electrons. The number of thiophene rings is 1. The van der Waals surface area contributed by atoms with Crippen molar-refractivity contribution in [3.05, 3.63) is 212 Å². The normalized spacial score (nSPS) is 11.6. The number of hydrogen-bond acceptors (Lipinski definition) is 4. The molecule has 0 atom stereocenters. The maximum absolute atomic E-state index is 5.39. The number of nitrogens with zero attached hydrogens (tertiary/aromatic N) is 3. The standard InChI is InChI=1S/C57H35N3S/c1-3-18-36(19-4-1)40-35-34-37-20-7-8-23-39(37)52(40)53-44-27-11-9-25-42(44)51(43-26-10-12-28-45(43)53)46-29-13-14-30-48(46)56-58-55(38-21-5-2-6-22-38)59-57(60-56)49-32-17-31-47-41-24-15-16-33-50(41)61-54(47)49/h1-35H. The first-order valence-electron chi connectivity index (χ1n) is 20.6. The van der Waals surface area contributed by atoms with Crippen molar-refractivity contribution in [3.8, 4) is 67.5 Å². The molecule has 0 aliphatic heterocycles. The summed E-state index contributed by atoms with van der Waals surface area (Å²) >= 11 is 1.79. The monoisotopic (exact) mass is 793 g/mol. The van der Waals surface area contributed by atoms with E-state index in [2.05, 4.69) is 194 Å². The van der Waals surface area contributed by atoms with Crippen LogP contribution >= 0.6 is 11.3 Å². The molecule has 2 aromatic heterocycles. The van der Waals surface area contributed by atoms with Crippen molar-refractivity contribution in [1.82, 2.24) is 15.0 Å². The fraction of sp³-hybridized carbons (Fsp3) is 0. The van der Waals surface area contributed by atoms with Crippen LogP contribution in [0.5, 0.6) is 0 Å². The van der Waals surface area contributed by atoms with Gasteiger partial charge in [-0.15, -0.1) is 11.3 Å². The summed E-state index contributed by atoms with van der Waals surface area (Å²) in [5.41, 5.74) is 9.99. The molecule has 12 rings (SSSR count). The largest absolute Gasteiger partial charge is 0.208 e. The summed E-state index contributed by atoms with van der Waals surface area (Å²) in [4.78, 5) is 15.9. The predicted octanol–water partition coefficient (Wildman–Crippen LogP) is 15.7. The molecule has 0 saturated heterocycles. The predicted molar refractivity (Wildman–Crippen MR) is 258 cm³/mol. The highest BCUT2D eigenvalue weighted by Crippen LogP contribution is 2.50. The first kappa shape index (κ1) is 35.2. The molecule has 0 unspecified atom stereocenters. The minimum Gasteiger partial charge on any atom is -0.208 e. The molecule has 10 aromatic carbocycles. The maximum Gasteiger partial charge on any atom is 0.165 e. The Hall–Kier alpha value is -7.79. The van der Waals surface area contributed by atoms with Crippen molar-refractivity contribution < 1.29 is 0 Å². The third kappa shape index (κ3) is 5.83. The third-order valence-corrected chi connectivity index (χ3v) is 13.2. The number of aromatic nitrogens is 3. The fourth-order valence-electron chi connectivity index (χ4n) is 9.24. The molecular formula is C57H35N3S. The van der Waals surface area contributed by atoms with Crippen molar-refractivity contribution in [3.63, 3.8) is 0 Å². The van der Waals surface area contributed by atoms with Crippen LogP contribution in [0.25, 0.3) is 120 Å². The van der Waals surface area contributed by atoms with E-state index in [9.17, 15) is 0 Å². The van der Waals surface area contributed by atoms with Crippen LogP contribution in [0.3, 0.4) is 0 Å². The van der Waals surface area contributed by atoms with Crippen LogP contribution in [0.15, 0.2) is 212 Å². The molecule has 0 amide bonds.